The Bertz CT molecular complexity index is 1170. The first-order valence-electron chi connectivity index (χ1n) is 9.49. The lowest BCUT2D eigenvalue weighted by atomic mass is 10.1. The summed E-state index contributed by atoms with van der Waals surface area (Å²) in [7, 11) is 1.29. The van der Waals surface area contributed by atoms with Crippen molar-refractivity contribution in [1.82, 2.24) is 4.57 Å². The smallest absolute Gasteiger partial charge is 0.494 e. The van der Waals surface area contributed by atoms with Gasteiger partial charge >= 0.3 is 12.3 Å². The van der Waals surface area contributed by atoms with Crippen LogP contribution in [-0.4, -0.2) is 36.5 Å². The Morgan fingerprint density at radius 1 is 1.09 bits per heavy atom. The summed E-state index contributed by atoms with van der Waals surface area (Å²) in [4.78, 5) is 25.3. The fourth-order valence-electron chi connectivity index (χ4n) is 3.41. The fourth-order valence-corrected chi connectivity index (χ4v) is 3.41. The Balaban J connectivity index is 2.10. The monoisotopic (exact) mass is 453 g/mol. The number of carbonyl (C=O) groups is 2. The van der Waals surface area contributed by atoms with E-state index in [2.05, 4.69) is 4.74 Å². The molecule has 0 bridgehead atoms. The topological polar surface area (TPSA) is 66.8 Å². The van der Waals surface area contributed by atoms with Crippen molar-refractivity contribution in [1.29, 1.82) is 0 Å². The van der Waals surface area contributed by atoms with Crippen LogP contribution in [0.2, 0.25) is 0 Å². The lowest BCUT2D eigenvalue weighted by Crippen LogP contribution is -2.17. The van der Waals surface area contributed by atoms with Gasteiger partial charge in [0.1, 0.15) is 5.75 Å². The van der Waals surface area contributed by atoms with E-state index in [0.29, 0.717) is 16.6 Å². The molecule has 0 aliphatic carbocycles. The molecule has 6 nitrogen and oxygen atoms in total. The molecule has 10 heteroatoms. The zero-order valence-electron chi connectivity index (χ0n) is 17.4. The second kappa shape index (κ2) is 8.89. The maximum atomic E-state index is 14.4. The molecule has 170 valence electrons. The van der Waals surface area contributed by atoms with Crippen LogP contribution in [0.5, 0.6) is 11.5 Å². The maximum absolute atomic E-state index is 14.4. The van der Waals surface area contributed by atoms with Crippen molar-refractivity contribution in [2.24, 2.45) is 0 Å². The second-order valence-electron chi connectivity index (χ2n) is 6.76. The average Bonchev–Trinajstić information content (AvgIpc) is 2.97. The molecule has 0 amide bonds. The first-order chi connectivity index (χ1) is 15.1. The molecule has 32 heavy (non-hydrogen) atoms. The van der Waals surface area contributed by atoms with Gasteiger partial charge in [0.25, 0.3) is 5.91 Å². The molecule has 0 aliphatic heterocycles. The van der Waals surface area contributed by atoms with E-state index in [4.69, 9.17) is 9.47 Å². The first-order valence-corrected chi connectivity index (χ1v) is 9.49. The molecule has 0 N–H and O–H groups in total. The number of hydrogen-bond donors (Lipinski definition) is 0. The highest BCUT2D eigenvalue weighted by Crippen LogP contribution is 2.33. The molecule has 0 saturated carbocycles. The van der Waals surface area contributed by atoms with Gasteiger partial charge in [-0.15, -0.1) is 13.2 Å². The Kier molecular flexibility index (Phi) is 6.42. The third-order valence-corrected chi connectivity index (χ3v) is 4.77. The summed E-state index contributed by atoms with van der Waals surface area (Å²) in [6, 6.07) is 6.83. The van der Waals surface area contributed by atoms with E-state index >= 15 is 0 Å². The zero-order chi connectivity index (χ0) is 23.6. The van der Waals surface area contributed by atoms with Gasteiger partial charge in [-0.1, -0.05) is 0 Å². The van der Waals surface area contributed by atoms with Crippen LogP contribution >= 0.6 is 0 Å². The minimum absolute atomic E-state index is 0.0402. The van der Waals surface area contributed by atoms with Gasteiger partial charge in [-0.05, 0) is 49.7 Å². The highest BCUT2D eigenvalue weighted by atomic mass is 19.4. The molecule has 0 atom stereocenters. The van der Waals surface area contributed by atoms with Gasteiger partial charge in [-0.2, -0.15) is 0 Å². The van der Waals surface area contributed by atoms with E-state index in [1.165, 1.54) is 29.9 Å². The molecule has 1 heterocycles. The normalized spacial score (nSPS) is 11.5. The van der Waals surface area contributed by atoms with Crippen LogP contribution in [0.4, 0.5) is 17.6 Å². The Morgan fingerprint density at radius 2 is 1.75 bits per heavy atom. The zero-order valence-corrected chi connectivity index (χ0v) is 17.4. The highest BCUT2D eigenvalue weighted by molar-refractivity contribution is 6.05. The summed E-state index contributed by atoms with van der Waals surface area (Å²) in [6.07, 6.45) is -5.03. The molecule has 0 spiro atoms. The molecule has 2 aromatic carbocycles. The summed E-state index contributed by atoms with van der Waals surface area (Å²) in [5.41, 5.74) is 1.03. The van der Waals surface area contributed by atoms with Crippen molar-refractivity contribution in [2.75, 3.05) is 13.7 Å². The minimum atomic E-state index is -4.86. The average molecular weight is 453 g/mol. The molecule has 0 aliphatic rings. The number of benzene rings is 2. The van der Waals surface area contributed by atoms with Crippen LogP contribution in [-0.2, 0) is 16.0 Å². The van der Waals surface area contributed by atoms with Crippen LogP contribution in [0.15, 0.2) is 36.4 Å². The van der Waals surface area contributed by atoms with Crippen LogP contribution < -0.4 is 9.47 Å². The number of ether oxygens (including phenoxy) is 3. The number of methoxy groups -OCH3 is 1. The first kappa shape index (κ1) is 23.1. The number of fused-ring (bicyclic) bond motifs is 1. The molecular weight excluding hydrogens is 434 g/mol. The van der Waals surface area contributed by atoms with Gasteiger partial charge in [0.15, 0.2) is 11.6 Å². The van der Waals surface area contributed by atoms with Crippen LogP contribution in [0, 0.1) is 12.7 Å². The standard InChI is InChI=1S/C22H19F4NO5/c1-4-31-20(28)10-15-12(2)27(18-11-17(23)19(30-3)9-16(15)18)21(29)13-5-7-14(8-6-13)32-22(24,25)26/h5-9,11H,4,10H2,1-3H3. The van der Waals surface area contributed by atoms with Gasteiger partial charge in [-0.25, -0.2) is 4.39 Å². The number of hydrogen-bond acceptors (Lipinski definition) is 5. The van der Waals surface area contributed by atoms with E-state index in [1.54, 1.807) is 13.8 Å². The van der Waals surface area contributed by atoms with Crippen molar-refractivity contribution in [2.45, 2.75) is 26.6 Å². The van der Waals surface area contributed by atoms with Crippen LogP contribution in [0.1, 0.15) is 28.5 Å². The predicted octanol–water partition coefficient (Wildman–Crippen LogP) is 4.79. The molecule has 0 radical (unpaired) electrons. The van der Waals surface area contributed by atoms with Crippen molar-refractivity contribution in [3.8, 4) is 11.5 Å². The largest absolute Gasteiger partial charge is 0.573 e. The lowest BCUT2D eigenvalue weighted by Gasteiger charge is -2.11. The van der Waals surface area contributed by atoms with Gasteiger partial charge in [0.05, 0.1) is 25.7 Å². The summed E-state index contributed by atoms with van der Waals surface area (Å²) in [6.45, 7) is 3.40. The van der Waals surface area contributed by atoms with E-state index in [1.807, 2.05) is 0 Å². The lowest BCUT2D eigenvalue weighted by molar-refractivity contribution is -0.274. The van der Waals surface area contributed by atoms with Gasteiger partial charge in [0, 0.05) is 22.7 Å². The van der Waals surface area contributed by atoms with Gasteiger partial charge < -0.3 is 14.2 Å². The molecule has 0 fully saturated rings. The summed E-state index contributed by atoms with van der Waals surface area (Å²) in [5, 5.41) is 0.416. The Morgan fingerprint density at radius 3 is 2.31 bits per heavy atom. The quantitative estimate of drug-likeness (QED) is 0.397. The number of nitrogens with zero attached hydrogens (tertiary/aromatic N) is 1. The number of rotatable bonds is 6. The summed E-state index contributed by atoms with van der Waals surface area (Å²) >= 11 is 0. The van der Waals surface area contributed by atoms with Gasteiger partial charge in [-0.3, -0.25) is 14.2 Å². The highest BCUT2D eigenvalue weighted by Gasteiger charge is 2.31. The SMILES string of the molecule is CCOC(=O)Cc1c(C)n(C(=O)c2ccc(OC(F)(F)F)cc2)c2cc(F)c(OC)cc12. The van der Waals surface area contributed by atoms with E-state index in [9.17, 15) is 27.2 Å². The van der Waals surface area contributed by atoms with Crippen molar-refractivity contribution >= 4 is 22.8 Å². The second-order valence-corrected chi connectivity index (χ2v) is 6.76. The number of esters is 1. The Labute approximate surface area is 180 Å². The fraction of sp³-hybridized carbons (Fsp3) is 0.273. The molecular formula is C22H19F4NO5. The predicted molar refractivity (Wildman–Crippen MR) is 106 cm³/mol. The van der Waals surface area contributed by atoms with Crippen LogP contribution in [0.25, 0.3) is 10.9 Å². The number of alkyl halides is 3. The van der Waals surface area contributed by atoms with Crippen molar-refractivity contribution in [3.05, 3.63) is 59.0 Å². The number of carbonyl (C=O) groups excluding carboxylic acids is 2. The minimum Gasteiger partial charge on any atom is -0.494 e. The molecule has 0 saturated heterocycles. The summed E-state index contributed by atoms with van der Waals surface area (Å²) < 4.78 is 66.6. The van der Waals surface area contributed by atoms with Crippen molar-refractivity contribution in [3.63, 3.8) is 0 Å². The van der Waals surface area contributed by atoms with Crippen molar-refractivity contribution < 1.29 is 41.4 Å². The van der Waals surface area contributed by atoms with E-state index < -0.39 is 29.8 Å². The third-order valence-electron chi connectivity index (χ3n) is 4.77. The summed E-state index contributed by atoms with van der Waals surface area (Å²) in [5.74, 6) is -2.42. The van der Waals surface area contributed by atoms with E-state index in [0.717, 1.165) is 18.2 Å². The third kappa shape index (κ3) is 4.68. The molecule has 3 rings (SSSR count). The van der Waals surface area contributed by atoms with E-state index in [-0.39, 0.29) is 29.9 Å². The van der Waals surface area contributed by atoms with Gasteiger partial charge in [0.2, 0.25) is 0 Å². The Hall–Kier alpha value is -3.56. The number of aromatic nitrogens is 1. The number of halogens is 4. The van der Waals surface area contributed by atoms with Crippen LogP contribution in [0.3, 0.4) is 0 Å². The maximum Gasteiger partial charge on any atom is 0.573 e. The molecule has 0 unspecified atom stereocenters. The molecule has 3 aromatic rings. The molecule has 1 aromatic heterocycles.